The molecule has 0 heterocycles. The molecular formula is C16H20N2O2. The third kappa shape index (κ3) is 3.74. The molecule has 0 bridgehead atoms. The topological polar surface area (TPSA) is 62.1 Å². The van der Waals surface area contributed by atoms with Gasteiger partial charge in [0, 0.05) is 0 Å². The predicted molar refractivity (Wildman–Crippen MR) is 76.2 cm³/mol. The van der Waals surface area contributed by atoms with Gasteiger partial charge in [-0.3, -0.25) is 4.79 Å². The Morgan fingerprint density at radius 3 is 2.55 bits per heavy atom. The Kier molecular flexibility index (Phi) is 4.62. The fraction of sp³-hybridized carbons (Fsp3) is 0.500. The number of hydrogen-bond acceptors (Lipinski definition) is 3. The number of nitriles is 1. The number of aryl methyl sites for hydroxylation is 1. The molecule has 20 heavy (non-hydrogen) atoms. The summed E-state index contributed by atoms with van der Waals surface area (Å²) in [4.78, 5) is 11.9. The summed E-state index contributed by atoms with van der Waals surface area (Å²) in [6.07, 6.45) is 4.60. The molecule has 1 N–H and O–H groups in total. The van der Waals surface area contributed by atoms with Crippen LogP contribution in [0.2, 0.25) is 0 Å². The molecule has 0 unspecified atom stereocenters. The fourth-order valence-electron chi connectivity index (χ4n) is 2.51. The van der Waals surface area contributed by atoms with E-state index in [1.54, 1.807) is 0 Å². The average Bonchev–Trinajstić information content (AvgIpc) is 2.47. The standard InChI is InChI=1S/C16H20N2O2/c1-13-5-7-14(8-6-13)20-11-15(19)18-16(12-17)9-3-2-4-10-16/h5-8H,2-4,9-11H2,1H3,(H,18,19). The van der Waals surface area contributed by atoms with Crippen LogP contribution < -0.4 is 10.1 Å². The van der Waals surface area contributed by atoms with Gasteiger partial charge in [-0.1, -0.05) is 37.0 Å². The van der Waals surface area contributed by atoms with Crippen molar-refractivity contribution in [3.05, 3.63) is 29.8 Å². The maximum atomic E-state index is 11.9. The van der Waals surface area contributed by atoms with Gasteiger partial charge in [0.2, 0.25) is 0 Å². The van der Waals surface area contributed by atoms with E-state index in [4.69, 9.17) is 4.74 Å². The lowest BCUT2D eigenvalue weighted by molar-refractivity contribution is -0.124. The highest BCUT2D eigenvalue weighted by molar-refractivity contribution is 5.78. The van der Waals surface area contributed by atoms with E-state index in [9.17, 15) is 10.1 Å². The van der Waals surface area contributed by atoms with E-state index in [2.05, 4.69) is 11.4 Å². The third-order valence-electron chi connectivity index (χ3n) is 3.69. The summed E-state index contributed by atoms with van der Waals surface area (Å²) in [6, 6.07) is 9.81. The molecule has 1 aliphatic carbocycles. The first-order valence-electron chi connectivity index (χ1n) is 7.05. The van der Waals surface area contributed by atoms with Crippen molar-refractivity contribution in [1.29, 1.82) is 5.26 Å². The number of carbonyl (C=O) groups is 1. The number of carbonyl (C=O) groups excluding carboxylic acids is 1. The van der Waals surface area contributed by atoms with Gasteiger partial charge in [-0.2, -0.15) is 5.26 Å². The minimum atomic E-state index is -0.689. The van der Waals surface area contributed by atoms with Gasteiger partial charge < -0.3 is 10.1 Å². The van der Waals surface area contributed by atoms with Gasteiger partial charge in [0.1, 0.15) is 11.3 Å². The summed E-state index contributed by atoms with van der Waals surface area (Å²) in [5.74, 6) is 0.439. The van der Waals surface area contributed by atoms with Gasteiger partial charge in [0.15, 0.2) is 6.61 Å². The average molecular weight is 272 g/mol. The number of nitrogens with one attached hydrogen (secondary N) is 1. The molecule has 0 atom stereocenters. The van der Waals surface area contributed by atoms with E-state index < -0.39 is 5.54 Å². The Bertz CT molecular complexity index is 496. The highest BCUT2D eigenvalue weighted by Gasteiger charge is 2.33. The van der Waals surface area contributed by atoms with E-state index in [0.29, 0.717) is 5.75 Å². The van der Waals surface area contributed by atoms with E-state index in [1.807, 2.05) is 31.2 Å². The first kappa shape index (κ1) is 14.4. The third-order valence-corrected chi connectivity index (χ3v) is 3.69. The van der Waals surface area contributed by atoms with E-state index in [-0.39, 0.29) is 12.5 Å². The molecule has 1 fully saturated rings. The highest BCUT2D eigenvalue weighted by Crippen LogP contribution is 2.27. The quantitative estimate of drug-likeness (QED) is 0.916. The van der Waals surface area contributed by atoms with E-state index in [0.717, 1.165) is 37.7 Å². The van der Waals surface area contributed by atoms with E-state index >= 15 is 0 Å². The Labute approximate surface area is 119 Å². The monoisotopic (exact) mass is 272 g/mol. The van der Waals surface area contributed by atoms with Gasteiger partial charge in [-0.05, 0) is 31.9 Å². The first-order chi connectivity index (χ1) is 9.63. The largest absolute Gasteiger partial charge is 0.484 e. The van der Waals surface area contributed by atoms with Gasteiger partial charge in [0.25, 0.3) is 5.91 Å². The number of rotatable bonds is 4. The zero-order chi connectivity index (χ0) is 14.4. The first-order valence-corrected chi connectivity index (χ1v) is 7.05. The zero-order valence-electron chi connectivity index (χ0n) is 11.8. The Hall–Kier alpha value is -2.02. The molecular weight excluding hydrogens is 252 g/mol. The molecule has 0 saturated heterocycles. The molecule has 106 valence electrons. The molecule has 0 aromatic heterocycles. The second-order valence-corrected chi connectivity index (χ2v) is 5.40. The fourth-order valence-corrected chi connectivity index (χ4v) is 2.51. The molecule has 1 saturated carbocycles. The molecule has 0 spiro atoms. The van der Waals surface area contributed by atoms with Crippen LogP contribution in [-0.2, 0) is 4.79 Å². The van der Waals surface area contributed by atoms with Crippen molar-refractivity contribution >= 4 is 5.91 Å². The molecule has 1 aromatic carbocycles. The van der Waals surface area contributed by atoms with Crippen molar-refractivity contribution in [2.45, 2.75) is 44.6 Å². The summed E-state index contributed by atoms with van der Waals surface area (Å²) in [5.41, 5.74) is 0.457. The predicted octanol–water partition coefficient (Wildman–Crippen LogP) is 2.72. The summed E-state index contributed by atoms with van der Waals surface area (Å²) in [7, 11) is 0. The van der Waals surface area contributed by atoms with Gasteiger partial charge in [-0.15, -0.1) is 0 Å². The van der Waals surface area contributed by atoms with Crippen LogP contribution >= 0.6 is 0 Å². The minimum Gasteiger partial charge on any atom is -0.484 e. The van der Waals surface area contributed by atoms with Crippen LogP contribution in [-0.4, -0.2) is 18.1 Å². The van der Waals surface area contributed by atoms with Crippen LogP contribution in [0, 0.1) is 18.3 Å². The van der Waals surface area contributed by atoms with Crippen molar-refractivity contribution in [2.75, 3.05) is 6.61 Å². The smallest absolute Gasteiger partial charge is 0.259 e. The highest BCUT2D eigenvalue weighted by atomic mass is 16.5. The second kappa shape index (κ2) is 6.42. The lowest BCUT2D eigenvalue weighted by Gasteiger charge is -2.31. The molecule has 1 aromatic rings. The number of nitrogens with zero attached hydrogens (tertiary/aromatic N) is 1. The van der Waals surface area contributed by atoms with Crippen molar-refractivity contribution in [3.8, 4) is 11.8 Å². The summed E-state index contributed by atoms with van der Waals surface area (Å²) in [6.45, 7) is 1.95. The van der Waals surface area contributed by atoms with Gasteiger partial charge in [-0.25, -0.2) is 0 Å². The molecule has 1 amide bonds. The van der Waals surface area contributed by atoms with Crippen LogP contribution in [0.4, 0.5) is 0 Å². The van der Waals surface area contributed by atoms with Crippen LogP contribution in [0.15, 0.2) is 24.3 Å². The van der Waals surface area contributed by atoms with Crippen LogP contribution in [0.5, 0.6) is 5.75 Å². The number of hydrogen-bond donors (Lipinski definition) is 1. The number of amides is 1. The number of benzene rings is 1. The number of ether oxygens (including phenoxy) is 1. The van der Waals surface area contributed by atoms with Crippen LogP contribution in [0.1, 0.15) is 37.7 Å². The molecule has 2 rings (SSSR count). The summed E-state index contributed by atoms with van der Waals surface area (Å²) < 4.78 is 5.43. The second-order valence-electron chi connectivity index (χ2n) is 5.40. The normalized spacial score (nSPS) is 17.0. The summed E-state index contributed by atoms with van der Waals surface area (Å²) in [5, 5.41) is 12.1. The van der Waals surface area contributed by atoms with Crippen LogP contribution in [0.25, 0.3) is 0 Å². The SMILES string of the molecule is Cc1ccc(OCC(=O)NC2(C#N)CCCCC2)cc1. The molecule has 1 aliphatic rings. The summed E-state index contributed by atoms with van der Waals surface area (Å²) >= 11 is 0. The lowest BCUT2D eigenvalue weighted by Crippen LogP contribution is -2.50. The van der Waals surface area contributed by atoms with Crippen LogP contribution in [0.3, 0.4) is 0 Å². The van der Waals surface area contributed by atoms with Gasteiger partial charge >= 0.3 is 0 Å². The molecule has 4 nitrogen and oxygen atoms in total. The van der Waals surface area contributed by atoms with Crippen molar-refractivity contribution in [3.63, 3.8) is 0 Å². The maximum absolute atomic E-state index is 11.9. The molecule has 0 radical (unpaired) electrons. The van der Waals surface area contributed by atoms with Gasteiger partial charge in [0.05, 0.1) is 6.07 Å². The lowest BCUT2D eigenvalue weighted by atomic mass is 9.83. The van der Waals surface area contributed by atoms with Crippen molar-refractivity contribution in [1.82, 2.24) is 5.32 Å². The Morgan fingerprint density at radius 2 is 1.95 bits per heavy atom. The minimum absolute atomic E-state index is 0.0491. The van der Waals surface area contributed by atoms with E-state index in [1.165, 1.54) is 0 Å². The maximum Gasteiger partial charge on any atom is 0.259 e. The molecule has 0 aliphatic heterocycles. The van der Waals surface area contributed by atoms with Crippen molar-refractivity contribution < 1.29 is 9.53 Å². The van der Waals surface area contributed by atoms with Crippen molar-refractivity contribution in [2.24, 2.45) is 0 Å². The Morgan fingerprint density at radius 1 is 1.30 bits per heavy atom. The Balaban J connectivity index is 1.85. The molecule has 4 heteroatoms. The zero-order valence-corrected chi connectivity index (χ0v) is 11.8.